The lowest BCUT2D eigenvalue weighted by atomic mass is 10.0. The Morgan fingerprint density at radius 1 is 1.32 bits per heavy atom. The zero-order chi connectivity index (χ0) is 14.0. The third kappa shape index (κ3) is 2.41. The Kier molecular flexibility index (Phi) is 3.48. The lowest BCUT2D eigenvalue weighted by Crippen LogP contribution is -2.24. The summed E-state index contributed by atoms with van der Waals surface area (Å²) in [6.45, 7) is 6.31. The molecule has 0 aliphatic rings. The quantitative estimate of drug-likeness (QED) is 0.825. The van der Waals surface area contributed by atoms with Crippen LogP contribution in [0.3, 0.4) is 0 Å². The molecule has 96 valence electrons. The van der Waals surface area contributed by atoms with Gasteiger partial charge in [-0.05, 0) is 32.4 Å². The van der Waals surface area contributed by atoms with E-state index in [0.29, 0.717) is 12.2 Å². The van der Waals surface area contributed by atoms with Crippen molar-refractivity contribution in [1.29, 1.82) is 5.26 Å². The molecule has 0 spiro atoms. The first-order valence-corrected chi connectivity index (χ1v) is 6.16. The molecule has 4 heteroatoms. The SMILES string of the molecule is CCn1nc(-c2ccc(C)cc2C)cc(C#N)c1=O. The van der Waals surface area contributed by atoms with Crippen molar-refractivity contribution in [3.63, 3.8) is 0 Å². The fourth-order valence-electron chi connectivity index (χ4n) is 2.07. The first-order chi connectivity index (χ1) is 9.06. The van der Waals surface area contributed by atoms with Crippen LogP contribution in [0.5, 0.6) is 0 Å². The average Bonchev–Trinajstić information content (AvgIpc) is 2.39. The van der Waals surface area contributed by atoms with E-state index in [0.717, 1.165) is 11.1 Å². The van der Waals surface area contributed by atoms with Crippen LogP contribution >= 0.6 is 0 Å². The average molecular weight is 253 g/mol. The Morgan fingerprint density at radius 3 is 2.63 bits per heavy atom. The van der Waals surface area contributed by atoms with Crippen molar-refractivity contribution in [3.8, 4) is 17.3 Å². The van der Waals surface area contributed by atoms with Gasteiger partial charge in [0.1, 0.15) is 11.6 Å². The predicted octanol–water partition coefficient (Wildman–Crippen LogP) is 2.42. The summed E-state index contributed by atoms with van der Waals surface area (Å²) in [5, 5.41) is 13.3. The molecule has 1 aromatic heterocycles. The molecule has 0 amide bonds. The van der Waals surface area contributed by atoms with Gasteiger partial charge >= 0.3 is 0 Å². The molecule has 0 unspecified atom stereocenters. The van der Waals surface area contributed by atoms with E-state index in [1.807, 2.05) is 39.0 Å². The lowest BCUT2D eigenvalue weighted by molar-refractivity contribution is 0.617. The fraction of sp³-hybridized carbons (Fsp3) is 0.267. The van der Waals surface area contributed by atoms with E-state index in [1.165, 1.54) is 10.2 Å². The number of benzene rings is 1. The van der Waals surface area contributed by atoms with E-state index in [4.69, 9.17) is 5.26 Å². The van der Waals surface area contributed by atoms with Gasteiger partial charge in [-0.2, -0.15) is 10.4 Å². The molecule has 19 heavy (non-hydrogen) atoms. The Morgan fingerprint density at radius 2 is 2.05 bits per heavy atom. The summed E-state index contributed by atoms with van der Waals surface area (Å²) in [5.74, 6) is 0. The Hall–Kier alpha value is -2.41. The number of hydrogen-bond acceptors (Lipinski definition) is 3. The number of nitrogens with zero attached hydrogens (tertiary/aromatic N) is 3. The van der Waals surface area contributed by atoms with Crippen LogP contribution in [0.2, 0.25) is 0 Å². The highest BCUT2D eigenvalue weighted by atomic mass is 16.1. The molecule has 0 bridgehead atoms. The van der Waals surface area contributed by atoms with Gasteiger partial charge in [0, 0.05) is 12.1 Å². The second-order valence-electron chi connectivity index (χ2n) is 4.49. The maximum atomic E-state index is 11.8. The fourth-order valence-corrected chi connectivity index (χ4v) is 2.07. The molecular weight excluding hydrogens is 238 g/mol. The van der Waals surface area contributed by atoms with Crippen molar-refractivity contribution >= 4 is 0 Å². The Balaban J connectivity index is 2.70. The first-order valence-electron chi connectivity index (χ1n) is 6.16. The third-order valence-corrected chi connectivity index (χ3v) is 3.05. The van der Waals surface area contributed by atoms with Crippen LogP contribution in [0.4, 0.5) is 0 Å². The highest BCUT2D eigenvalue weighted by Crippen LogP contribution is 2.22. The number of aryl methyl sites for hydroxylation is 3. The van der Waals surface area contributed by atoms with Gasteiger partial charge in [-0.25, -0.2) is 4.68 Å². The van der Waals surface area contributed by atoms with E-state index in [-0.39, 0.29) is 11.1 Å². The van der Waals surface area contributed by atoms with E-state index >= 15 is 0 Å². The molecule has 0 N–H and O–H groups in total. The van der Waals surface area contributed by atoms with E-state index in [2.05, 4.69) is 11.2 Å². The monoisotopic (exact) mass is 253 g/mol. The molecule has 2 aromatic rings. The number of rotatable bonds is 2. The van der Waals surface area contributed by atoms with E-state index in [1.54, 1.807) is 6.07 Å². The topological polar surface area (TPSA) is 58.7 Å². The maximum absolute atomic E-state index is 11.8. The highest BCUT2D eigenvalue weighted by Gasteiger charge is 2.10. The van der Waals surface area contributed by atoms with Crippen molar-refractivity contribution in [3.05, 3.63) is 51.3 Å². The predicted molar refractivity (Wildman–Crippen MR) is 73.8 cm³/mol. The molecule has 1 aromatic carbocycles. The van der Waals surface area contributed by atoms with Crippen LogP contribution in [0.25, 0.3) is 11.3 Å². The molecule has 1 heterocycles. The Bertz CT molecular complexity index is 723. The van der Waals surface area contributed by atoms with Crippen molar-refractivity contribution < 1.29 is 0 Å². The van der Waals surface area contributed by atoms with Crippen molar-refractivity contribution in [2.75, 3.05) is 0 Å². The van der Waals surface area contributed by atoms with Gasteiger partial charge in [0.15, 0.2) is 0 Å². The van der Waals surface area contributed by atoms with Crippen molar-refractivity contribution in [2.24, 2.45) is 0 Å². The zero-order valence-corrected chi connectivity index (χ0v) is 11.3. The van der Waals surface area contributed by atoms with Crippen LogP contribution in [-0.4, -0.2) is 9.78 Å². The summed E-state index contributed by atoms with van der Waals surface area (Å²) in [6, 6.07) is 9.53. The Labute approximate surface area is 111 Å². The van der Waals surface area contributed by atoms with Crippen LogP contribution in [0.1, 0.15) is 23.6 Å². The van der Waals surface area contributed by atoms with Crippen LogP contribution in [-0.2, 0) is 6.54 Å². The number of nitriles is 1. The summed E-state index contributed by atoms with van der Waals surface area (Å²) in [4.78, 5) is 11.8. The van der Waals surface area contributed by atoms with Gasteiger partial charge < -0.3 is 0 Å². The lowest BCUT2D eigenvalue weighted by Gasteiger charge is -2.09. The minimum atomic E-state index is -0.335. The van der Waals surface area contributed by atoms with Gasteiger partial charge in [-0.15, -0.1) is 0 Å². The second kappa shape index (κ2) is 5.07. The standard InChI is InChI=1S/C15H15N3O/c1-4-18-15(19)12(9-16)8-14(17-18)13-6-5-10(2)7-11(13)3/h5-8H,4H2,1-3H3. The van der Waals surface area contributed by atoms with Gasteiger partial charge in [0.05, 0.1) is 5.69 Å². The van der Waals surface area contributed by atoms with E-state index < -0.39 is 0 Å². The van der Waals surface area contributed by atoms with Gasteiger partial charge in [-0.1, -0.05) is 23.8 Å². The highest BCUT2D eigenvalue weighted by molar-refractivity contribution is 5.64. The molecule has 0 aliphatic heterocycles. The minimum absolute atomic E-state index is 0.131. The molecule has 0 radical (unpaired) electrons. The van der Waals surface area contributed by atoms with Crippen LogP contribution in [0.15, 0.2) is 29.1 Å². The first kappa shape index (κ1) is 13.0. The second-order valence-corrected chi connectivity index (χ2v) is 4.49. The summed E-state index contributed by atoms with van der Waals surface area (Å²) in [7, 11) is 0. The smallest absolute Gasteiger partial charge is 0.266 e. The molecule has 0 fully saturated rings. The summed E-state index contributed by atoms with van der Waals surface area (Å²) in [6.07, 6.45) is 0. The molecular formula is C15H15N3O. The molecule has 0 saturated carbocycles. The summed E-state index contributed by atoms with van der Waals surface area (Å²) < 4.78 is 1.33. The third-order valence-electron chi connectivity index (χ3n) is 3.05. The van der Waals surface area contributed by atoms with Crippen molar-refractivity contribution in [2.45, 2.75) is 27.3 Å². The van der Waals surface area contributed by atoms with E-state index in [9.17, 15) is 4.79 Å². The van der Waals surface area contributed by atoms with Gasteiger partial charge in [0.2, 0.25) is 0 Å². The van der Waals surface area contributed by atoms with Gasteiger partial charge in [-0.3, -0.25) is 4.79 Å². The van der Waals surface area contributed by atoms with Crippen molar-refractivity contribution in [1.82, 2.24) is 9.78 Å². The van der Waals surface area contributed by atoms with Crippen LogP contribution < -0.4 is 5.56 Å². The molecule has 0 saturated heterocycles. The van der Waals surface area contributed by atoms with Crippen LogP contribution in [0, 0.1) is 25.2 Å². The minimum Gasteiger partial charge on any atom is -0.266 e. The summed E-state index contributed by atoms with van der Waals surface area (Å²) in [5.41, 5.74) is 3.66. The number of aromatic nitrogens is 2. The van der Waals surface area contributed by atoms with Gasteiger partial charge in [0.25, 0.3) is 5.56 Å². The molecule has 0 aliphatic carbocycles. The molecule has 2 rings (SSSR count). The normalized spacial score (nSPS) is 10.2. The molecule has 0 atom stereocenters. The number of hydrogen-bond donors (Lipinski definition) is 0. The molecule has 4 nitrogen and oxygen atoms in total. The maximum Gasteiger partial charge on any atom is 0.284 e. The summed E-state index contributed by atoms with van der Waals surface area (Å²) >= 11 is 0. The zero-order valence-electron chi connectivity index (χ0n) is 11.3. The largest absolute Gasteiger partial charge is 0.284 e.